The molecule has 0 unspecified atom stereocenters. The highest BCUT2D eigenvalue weighted by Crippen LogP contribution is 2.43. The molecule has 1 aliphatic heterocycles. The zero-order valence-corrected chi connectivity index (χ0v) is 20.9. The minimum Gasteiger partial charge on any atom is -0.485 e. The van der Waals surface area contributed by atoms with Gasteiger partial charge in [-0.2, -0.15) is 13.2 Å². The first kappa shape index (κ1) is 28.4. The van der Waals surface area contributed by atoms with E-state index in [2.05, 4.69) is 5.32 Å². The van der Waals surface area contributed by atoms with E-state index in [4.69, 9.17) is 9.84 Å². The maximum absolute atomic E-state index is 15.1. The number of rotatable bonds is 9. The molecule has 1 amide bonds. The highest BCUT2D eigenvalue weighted by molar-refractivity contribution is 7.12. The van der Waals surface area contributed by atoms with Crippen molar-refractivity contribution in [2.75, 3.05) is 24.5 Å². The fraction of sp³-hybridized carbons (Fsp3) is 0.280. The number of carboxylic acids is 1. The lowest BCUT2D eigenvalue weighted by Crippen LogP contribution is -2.37. The van der Waals surface area contributed by atoms with Gasteiger partial charge in [0.05, 0.1) is 18.7 Å². The van der Waals surface area contributed by atoms with Crippen molar-refractivity contribution in [3.05, 3.63) is 69.7 Å². The second kappa shape index (κ2) is 11.9. The Labute approximate surface area is 220 Å². The van der Waals surface area contributed by atoms with Gasteiger partial charge < -0.3 is 20.1 Å². The number of benzene rings is 2. The molecule has 2 N–H and O–H groups in total. The molecule has 0 spiro atoms. The van der Waals surface area contributed by atoms with E-state index in [-0.39, 0.29) is 68.7 Å². The molecular formula is C25H23ClF4N2O4S. The lowest BCUT2D eigenvalue weighted by molar-refractivity contribution is -0.137. The third-order valence-electron chi connectivity index (χ3n) is 5.65. The van der Waals surface area contributed by atoms with Crippen molar-refractivity contribution in [2.45, 2.75) is 25.6 Å². The van der Waals surface area contributed by atoms with E-state index in [1.807, 2.05) is 0 Å². The van der Waals surface area contributed by atoms with E-state index in [1.165, 1.54) is 17.0 Å². The average molecular weight is 559 g/mol. The Morgan fingerprint density at radius 3 is 2.54 bits per heavy atom. The monoisotopic (exact) mass is 558 g/mol. The molecule has 6 nitrogen and oxygen atoms in total. The summed E-state index contributed by atoms with van der Waals surface area (Å²) in [5.74, 6) is -2.06. The Morgan fingerprint density at radius 2 is 1.86 bits per heavy atom. The summed E-state index contributed by atoms with van der Waals surface area (Å²) in [6, 6.07) is 12.5. The Bertz CT molecular complexity index is 1270. The summed E-state index contributed by atoms with van der Waals surface area (Å²) in [5, 5.41) is 11.4. The van der Waals surface area contributed by atoms with Gasteiger partial charge in [0.15, 0.2) is 11.6 Å². The molecule has 198 valence electrons. The number of carboxylic acid groups (broad SMARTS) is 1. The van der Waals surface area contributed by atoms with Gasteiger partial charge in [-0.05, 0) is 30.2 Å². The number of anilines is 1. The van der Waals surface area contributed by atoms with Crippen molar-refractivity contribution < 1.29 is 37.0 Å². The quantitative estimate of drug-likeness (QED) is 0.267. The number of alkyl halides is 3. The zero-order valence-electron chi connectivity index (χ0n) is 19.3. The van der Waals surface area contributed by atoms with Crippen LogP contribution in [0.3, 0.4) is 0 Å². The number of nitrogens with zero attached hydrogens (tertiary/aromatic N) is 1. The molecule has 1 aliphatic rings. The van der Waals surface area contributed by atoms with Crippen LogP contribution in [-0.2, 0) is 28.8 Å². The van der Waals surface area contributed by atoms with E-state index < -0.39 is 22.8 Å². The lowest BCUT2D eigenvalue weighted by atomic mass is 10.1. The molecule has 0 fully saturated rings. The maximum atomic E-state index is 15.1. The van der Waals surface area contributed by atoms with E-state index in [0.717, 1.165) is 0 Å². The topological polar surface area (TPSA) is 78.9 Å². The predicted octanol–water partition coefficient (Wildman–Crippen LogP) is 5.53. The molecule has 0 saturated heterocycles. The van der Waals surface area contributed by atoms with Crippen molar-refractivity contribution in [2.24, 2.45) is 0 Å². The van der Waals surface area contributed by atoms with Gasteiger partial charge in [-0.1, -0.05) is 30.3 Å². The van der Waals surface area contributed by atoms with Crippen molar-refractivity contribution in [3.8, 4) is 16.9 Å². The van der Waals surface area contributed by atoms with Gasteiger partial charge in [0.25, 0.3) is 0 Å². The van der Waals surface area contributed by atoms with Gasteiger partial charge >= 0.3 is 12.1 Å². The molecule has 0 atom stereocenters. The van der Waals surface area contributed by atoms with Crippen LogP contribution >= 0.6 is 23.7 Å². The van der Waals surface area contributed by atoms with Crippen LogP contribution < -0.4 is 15.0 Å². The highest BCUT2D eigenvalue weighted by atomic mass is 35.5. The van der Waals surface area contributed by atoms with Crippen molar-refractivity contribution >= 4 is 41.3 Å². The number of hydrogen-bond acceptors (Lipinski definition) is 5. The summed E-state index contributed by atoms with van der Waals surface area (Å²) in [7, 11) is 0. The smallest absolute Gasteiger partial charge is 0.426 e. The first-order valence-electron chi connectivity index (χ1n) is 11.1. The maximum Gasteiger partial charge on any atom is 0.426 e. The van der Waals surface area contributed by atoms with Crippen molar-refractivity contribution in [1.29, 1.82) is 0 Å². The van der Waals surface area contributed by atoms with Crippen molar-refractivity contribution in [3.63, 3.8) is 0 Å². The van der Waals surface area contributed by atoms with Crippen LogP contribution in [0.15, 0.2) is 48.5 Å². The summed E-state index contributed by atoms with van der Waals surface area (Å²) >= 11 is 0.558. The molecule has 12 heteroatoms. The lowest BCUT2D eigenvalue weighted by Gasteiger charge is -2.18. The van der Waals surface area contributed by atoms with E-state index in [0.29, 0.717) is 33.0 Å². The second-order valence-electron chi connectivity index (χ2n) is 8.10. The zero-order chi connectivity index (χ0) is 25.9. The SMILES string of the molecule is Cl.O=C(O)CCNCC(=O)N1CCc2c1ccc(OCc1cc(-c3ccccc3)c(C(F)(F)F)s1)c2F. The highest BCUT2D eigenvalue weighted by Gasteiger charge is 2.36. The van der Waals surface area contributed by atoms with Crippen LogP contribution in [0, 0.1) is 5.82 Å². The number of aliphatic carboxylic acids is 1. The minimum atomic E-state index is -4.54. The van der Waals surface area contributed by atoms with Crippen LogP contribution in [0.1, 0.15) is 21.7 Å². The number of carbonyl (C=O) groups is 2. The van der Waals surface area contributed by atoms with E-state index >= 15 is 4.39 Å². The normalized spacial score (nSPS) is 12.7. The number of amides is 1. The summed E-state index contributed by atoms with van der Waals surface area (Å²) in [4.78, 5) is 24.0. The molecular weight excluding hydrogens is 536 g/mol. The van der Waals surface area contributed by atoms with Crippen LogP contribution in [0.4, 0.5) is 23.2 Å². The van der Waals surface area contributed by atoms with Gasteiger partial charge in [-0.25, -0.2) is 4.39 Å². The van der Waals surface area contributed by atoms with Crippen LogP contribution in [0.25, 0.3) is 11.1 Å². The largest absolute Gasteiger partial charge is 0.485 e. The predicted molar refractivity (Wildman–Crippen MR) is 134 cm³/mol. The molecule has 0 saturated carbocycles. The Kier molecular flexibility index (Phi) is 9.16. The average Bonchev–Trinajstić information content (AvgIpc) is 3.47. The van der Waals surface area contributed by atoms with Gasteiger partial charge in [-0.3, -0.25) is 9.59 Å². The number of fused-ring (bicyclic) bond motifs is 1. The van der Waals surface area contributed by atoms with Gasteiger partial charge in [0, 0.05) is 29.1 Å². The van der Waals surface area contributed by atoms with Crippen molar-refractivity contribution in [1.82, 2.24) is 5.32 Å². The molecule has 1 aromatic heterocycles. The fourth-order valence-corrected chi connectivity index (χ4v) is 4.94. The van der Waals surface area contributed by atoms with Gasteiger partial charge in [0.2, 0.25) is 5.91 Å². The molecule has 0 bridgehead atoms. The third kappa shape index (κ3) is 6.60. The summed E-state index contributed by atoms with van der Waals surface area (Å²) in [5.41, 5.74) is 1.16. The standard InChI is InChI=1S/C25H22F4N2O4S.ClH/c26-23-17-9-11-31(21(32)13-30-10-8-22(33)34)19(17)6-7-20(23)35-14-16-12-18(15-4-2-1-3-5-15)24(36-16)25(27,28)29;/h1-7,12,30H,8-11,13-14H2,(H,33,34);1H. The molecule has 0 radical (unpaired) electrons. The summed E-state index contributed by atoms with van der Waals surface area (Å²) in [6.07, 6.45) is -4.40. The minimum absolute atomic E-state index is 0. The molecule has 2 aromatic carbocycles. The number of hydrogen-bond donors (Lipinski definition) is 2. The molecule has 2 heterocycles. The Balaban J connectivity index is 0.00000380. The number of thiophene rings is 1. The van der Waals surface area contributed by atoms with Crippen LogP contribution in [-0.4, -0.2) is 36.6 Å². The summed E-state index contributed by atoms with van der Waals surface area (Å²) in [6.45, 7) is 0.0613. The first-order chi connectivity index (χ1) is 17.1. The second-order valence-corrected chi connectivity index (χ2v) is 9.24. The number of carbonyl (C=O) groups excluding carboxylic acids is 1. The van der Waals surface area contributed by atoms with Gasteiger partial charge in [0.1, 0.15) is 11.5 Å². The third-order valence-corrected chi connectivity index (χ3v) is 6.80. The summed E-state index contributed by atoms with van der Waals surface area (Å²) < 4.78 is 61.5. The first-order valence-corrected chi connectivity index (χ1v) is 11.9. The van der Waals surface area contributed by atoms with Gasteiger partial charge in [-0.15, -0.1) is 23.7 Å². The number of ether oxygens (including phenoxy) is 1. The Hall–Kier alpha value is -3.15. The number of nitrogens with one attached hydrogen (secondary N) is 1. The van der Waals surface area contributed by atoms with Crippen LogP contribution in [0.2, 0.25) is 0 Å². The molecule has 37 heavy (non-hydrogen) atoms. The van der Waals surface area contributed by atoms with E-state index in [9.17, 15) is 22.8 Å². The van der Waals surface area contributed by atoms with E-state index in [1.54, 1.807) is 36.4 Å². The Morgan fingerprint density at radius 1 is 1.14 bits per heavy atom. The molecule has 4 rings (SSSR count). The number of halogens is 5. The fourth-order valence-electron chi connectivity index (χ4n) is 3.99. The molecule has 3 aromatic rings. The van der Waals surface area contributed by atoms with Crippen LogP contribution in [0.5, 0.6) is 5.75 Å². The molecule has 0 aliphatic carbocycles.